The van der Waals surface area contributed by atoms with Crippen LogP contribution in [0.25, 0.3) is 0 Å². The molecule has 112 valence electrons. The van der Waals surface area contributed by atoms with Crippen LogP contribution in [-0.2, 0) is 0 Å². The number of pyridine rings is 1. The number of hydrogen-bond acceptors (Lipinski definition) is 3. The Morgan fingerprint density at radius 1 is 1.29 bits per heavy atom. The van der Waals surface area contributed by atoms with Crippen molar-refractivity contribution in [3.63, 3.8) is 0 Å². The van der Waals surface area contributed by atoms with Gasteiger partial charge >= 0.3 is 0 Å². The second-order valence-electron chi connectivity index (χ2n) is 7.94. The summed E-state index contributed by atoms with van der Waals surface area (Å²) in [7, 11) is 1.62. The molecule has 1 aromatic heterocycles. The summed E-state index contributed by atoms with van der Waals surface area (Å²) in [6, 6.07) is 3.68. The van der Waals surface area contributed by atoms with Gasteiger partial charge in [0.05, 0.1) is 7.11 Å². The normalized spacial score (nSPS) is 40.3. The molecule has 4 aliphatic carbocycles. The van der Waals surface area contributed by atoms with Crippen molar-refractivity contribution in [3.05, 3.63) is 24.0 Å². The number of Topliss-reactive ketones (excluding diaryl/α,β-unsaturated/α-hetero) is 1. The van der Waals surface area contributed by atoms with Gasteiger partial charge in [-0.1, -0.05) is 6.92 Å². The molecule has 2 atom stereocenters. The van der Waals surface area contributed by atoms with Gasteiger partial charge in [-0.3, -0.25) is 4.79 Å². The number of ether oxygens (including phenoxy) is 1. The van der Waals surface area contributed by atoms with Crippen molar-refractivity contribution >= 4 is 5.78 Å². The van der Waals surface area contributed by atoms with Crippen LogP contribution in [0.1, 0.15) is 55.9 Å². The number of ketones is 1. The minimum Gasteiger partial charge on any atom is -0.494 e. The highest BCUT2D eigenvalue weighted by atomic mass is 16.5. The van der Waals surface area contributed by atoms with E-state index in [1.54, 1.807) is 13.3 Å². The van der Waals surface area contributed by atoms with Gasteiger partial charge in [0.25, 0.3) is 0 Å². The number of carbonyl (C=O) groups excluding carboxylic acids is 1. The van der Waals surface area contributed by atoms with Crippen molar-refractivity contribution in [1.82, 2.24) is 4.98 Å². The van der Waals surface area contributed by atoms with Crippen LogP contribution in [-0.4, -0.2) is 17.9 Å². The van der Waals surface area contributed by atoms with Crippen molar-refractivity contribution in [2.24, 2.45) is 22.7 Å². The molecule has 1 heterocycles. The van der Waals surface area contributed by atoms with Crippen LogP contribution in [0.3, 0.4) is 0 Å². The molecule has 3 heteroatoms. The maximum absolute atomic E-state index is 13.3. The molecule has 0 N–H and O–H groups in total. The first kappa shape index (κ1) is 13.3. The molecular weight excluding hydrogens is 262 g/mol. The van der Waals surface area contributed by atoms with Gasteiger partial charge < -0.3 is 4.74 Å². The quantitative estimate of drug-likeness (QED) is 0.791. The second kappa shape index (κ2) is 4.31. The number of carbonyl (C=O) groups is 1. The standard InChI is InChI=1S/C18H23NO2/c1-17-7-12-6-13(8-17)10-18(9-12,11-17)16(20)15-14(21-2)4-3-5-19-15/h3-5,12-13H,6-11H2,1-2H3. The third-order valence-electron chi connectivity index (χ3n) is 6.04. The van der Waals surface area contributed by atoms with Crippen molar-refractivity contribution in [1.29, 1.82) is 0 Å². The molecule has 3 nitrogen and oxygen atoms in total. The van der Waals surface area contributed by atoms with Gasteiger partial charge in [-0.25, -0.2) is 4.98 Å². The van der Waals surface area contributed by atoms with E-state index in [4.69, 9.17) is 4.74 Å². The van der Waals surface area contributed by atoms with Crippen LogP contribution in [0.2, 0.25) is 0 Å². The number of nitrogens with zero attached hydrogens (tertiary/aromatic N) is 1. The SMILES string of the molecule is COc1cccnc1C(=O)C12CC3CC(CC(C)(C3)C1)C2. The van der Waals surface area contributed by atoms with Gasteiger partial charge in [-0.05, 0) is 67.9 Å². The number of methoxy groups -OCH3 is 1. The molecule has 0 spiro atoms. The topological polar surface area (TPSA) is 39.2 Å². The molecule has 4 saturated carbocycles. The molecule has 4 aliphatic rings. The van der Waals surface area contributed by atoms with E-state index in [-0.39, 0.29) is 11.2 Å². The molecule has 0 saturated heterocycles. The van der Waals surface area contributed by atoms with Crippen molar-refractivity contribution < 1.29 is 9.53 Å². The molecule has 4 fully saturated rings. The molecule has 0 radical (unpaired) electrons. The molecule has 5 rings (SSSR count). The van der Waals surface area contributed by atoms with Crippen LogP contribution in [0.5, 0.6) is 5.75 Å². The molecule has 1 aromatic rings. The Balaban J connectivity index is 1.74. The number of rotatable bonds is 3. The Morgan fingerprint density at radius 2 is 2.00 bits per heavy atom. The Labute approximate surface area is 126 Å². The van der Waals surface area contributed by atoms with Crippen molar-refractivity contribution in [3.8, 4) is 5.75 Å². The highest BCUT2D eigenvalue weighted by Crippen LogP contribution is 2.65. The summed E-state index contributed by atoms with van der Waals surface area (Å²) < 4.78 is 5.37. The molecule has 21 heavy (non-hydrogen) atoms. The van der Waals surface area contributed by atoms with Crippen molar-refractivity contribution in [2.45, 2.75) is 45.4 Å². The molecular formula is C18H23NO2. The Bertz CT molecular complexity index is 581. The van der Waals surface area contributed by atoms with Crippen LogP contribution in [0, 0.1) is 22.7 Å². The fourth-order valence-corrected chi connectivity index (χ4v) is 5.96. The highest BCUT2D eigenvalue weighted by Gasteiger charge is 2.59. The van der Waals surface area contributed by atoms with Gasteiger partial charge in [0.1, 0.15) is 11.4 Å². The largest absolute Gasteiger partial charge is 0.494 e. The maximum Gasteiger partial charge on any atom is 0.191 e. The fraction of sp³-hybridized carbons (Fsp3) is 0.667. The summed E-state index contributed by atoms with van der Waals surface area (Å²) in [4.78, 5) is 17.6. The van der Waals surface area contributed by atoms with E-state index in [0.29, 0.717) is 16.9 Å². The van der Waals surface area contributed by atoms with E-state index in [0.717, 1.165) is 31.1 Å². The number of hydrogen-bond donors (Lipinski definition) is 0. The van der Waals surface area contributed by atoms with Crippen LogP contribution < -0.4 is 4.74 Å². The summed E-state index contributed by atoms with van der Waals surface area (Å²) >= 11 is 0. The van der Waals surface area contributed by atoms with E-state index in [1.165, 1.54) is 19.3 Å². The van der Waals surface area contributed by atoms with E-state index < -0.39 is 0 Å². The van der Waals surface area contributed by atoms with Gasteiger partial charge in [-0.15, -0.1) is 0 Å². The lowest BCUT2D eigenvalue weighted by Gasteiger charge is -2.60. The summed E-state index contributed by atoms with van der Waals surface area (Å²) in [6.07, 6.45) is 8.86. The lowest BCUT2D eigenvalue weighted by Crippen LogP contribution is -2.54. The summed E-state index contributed by atoms with van der Waals surface area (Å²) in [6.45, 7) is 2.39. The summed E-state index contributed by atoms with van der Waals surface area (Å²) in [5.74, 6) is 2.36. The minimum absolute atomic E-state index is 0.166. The predicted octanol–water partition coefficient (Wildman–Crippen LogP) is 3.88. The average Bonchev–Trinajstić information content (AvgIpc) is 2.44. The molecule has 0 amide bonds. The van der Waals surface area contributed by atoms with E-state index in [1.807, 2.05) is 12.1 Å². The highest BCUT2D eigenvalue weighted by molar-refractivity contribution is 6.01. The van der Waals surface area contributed by atoms with Gasteiger partial charge in [0, 0.05) is 11.6 Å². The Morgan fingerprint density at radius 3 is 2.62 bits per heavy atom. The zero-order chi connectivity index (χ0) is 14.7. The first-order valence-corrected chi connectivity index (χ1v) is 8.07. The average molecular weight is 285 g/mol. The molecule has 0 aliphatic heterocycles. The zero-order valence-electron chi connectivity index (χ0n) is 12.9. The van der Waals surface area contributed by atoms with Gasteiger partial charge in [-0.2, -0.15) is 0 Å². The van der Waals surface area contributed by atoms with Crippen molar-refractivity contribution in [2.75, 3.05) is 7.11 Å². The molecule has 0 aromatic carbocycles. The first-order valence-electron chi connectivity index (χ1n) is 8.07. The minimum atomic E-state index is -0.166. The molecule has 2 unspecified atom stereocenters. The number of aromatic nitrogens is 1. The maximum atomic E-state index is 13.3. The van der Waals surface area contributed by atoms with Crippen LogP contribution >= 0.6 is 0 Å². The Hall–Kier alpha value is -1.38. The first-order chi connectivity index (χ1) is 10.0. The third-order valence-corrected chi connectivity index (χ3v) is 6.04. The Kier molecular flexibility index (Phi) is 2.73. The van der Waals surface area contributed by atoms with E-state index in [2.05, 4.69) is 11.9 Å². The summed E-state index contributed by atoms with van der Waals surface area (Å²) in [5.41, 5.74) is 0.757. The van der Waals surface area contributed by atoms with Gasteiger partial charge in [0.2, 0.25) is 0 Å². The zero-order valence-corrected chi connectivity index (χ0v) is 12.9. The summed E-state index contributed by atoms with van der Waals surface area (Å²) in [5, 5.41) is 0. The van der Waals surface area contributed by atoms with Crippen LogP contribution in [0.4, 0.5) is 0 Å². The van der Waals surface area contributed by atoms with E-state index in [9.17, 15) is 4.79 Å². The predicted molar refractivity (Wildman–Crippen MR) is 80.3 cm³/mol. The monoisotopic (exact) mass is 285 g/mol. The second-order valence-corrected chi connectivity index (χ2v) is 7.94. The lowest BCUT2D eigenvalue weighted by atomic mass is 9.43. The van der Waals surface area contributed by atoms with Gasteiger partial charge in [0.15, 0.2) is 5.78 Å². The third kappa shape index (κ3) is 1.93. The molecule has 4 bridgehead atoms. The smallest absolute Gasteiger partial charge is 0.191 e. The fourth-order valence-electron chi connectivity index (χ4n) is 5.96. The van der Waals surface area contributed by atoms with Crippen LogP contribution in [0.15, 0.2) is 18.3 Å². The van der Waals surface area contributed by atoms with E-state index >= 15 is 0 Å². The lowest BCUT2D eigenvalue weighted by molar-refractivity contribution is -0.0822.